The molecule has 6 nitrogen and oxygen atoms in total. The number of nitrogens with two attached hydrogens (primary N) is 1. The number of β-lactam (4-membered cyclic amide) rings is 1. The van der Waals surface area contributed by atoms with E-state index in [0.29, 0.717) is 13.1 Å². The predicted molar refractivity (Wildman–Crippen MR) is 56.3 cm³/mol. The molecule has 1 unspecified atom stereocenters. The van der Waals surface area contributed by atoms with Crippen LogP contribution in [0.5, 0.6) is 0 Å². The van der Waals surface area contributed by atoms with Gasteiger partial charge in [0.2, 0.25) is 11.8 Å². The molecule has 0 radical (unpaired) electrons. The number of piperidine rings is 1. The second kappa shape index (κ2) is 4.03. The number of aliphatic hydroxyl groups is 1. The van der Waals surface area contributed by atoms with Crippen LogP contribution in [0.1, 0.15) is 12.8 Å². The first-order chi connectivity index (χ1) is 7.60. The third kappa shape index (κ3) is 1.58. The van der Waals surface area contributed by atoms with Gasteiger partial charge in [-0.15, -0.1) is 0 Å². The standard InChI is InChI=1S/C10H17N3O3/c11-8(15)7(4-14)13-6-10(9(13)16)2-1-3-12-5-10/h7,12,14H,1-6H2,(H2,11,15)/t7-,10?/m0/s1. The van der Waals surface area contributed by atoms with Crippen LogP contribution < -0.4 is 11.1 Å². The van der Waals surface area contributed by atoms with E-state index in [1.54, 1.807) is 0 Å². The average molecular weight is 227 g/mol. The van der Waals surface area contributed by atoms with E-state index in [0.717, 1.165) is 19.4 Å². The van der Waals surface area contributed by atoms with Gasteiger partial charge in [-0.3, -0.25) is 9.59 Å². The van der Waals surface area contributed by atoms with Crippen molar-refractivity contribution >= 4 is 11.8 Å². The Morgan fingerprint density at radius 2 is 2.44 bits per heavy atom. The van der Waals surface area contributed by atoms with E-state index < -0.39 is 18.6 Å². The third-order valence-electron chi connectivity index (χ3n) is 3.54. The molecule has 0 aliphatic carbocycles. The summed E-state index contributed by atoms with van der Waals surface area (Å²) in [6.07, 6.45) is 1.83. The van der Waals surface area contributed by atoms with Gasteiger partial charge in [0.05, 0.1) is 12.0 Å². The van der Waals surface area contributed by atoms with E-state index in [1.807, 2.05) is 0 Å². The highest BCUT2D eigenvalue weighted by atomic mass is 16.3. The Balaban J connectivity index is 2.03. The lowest BCUT2D eigenvalue weighted by atomic mass is 9.72. The predicted octanol–water partition coefficient (Wildman–Crippen LogP) is -1.96. The molecule has 2 atom stereocenters. The van der Waals surface area contributed by atoms with E-state index in [4.69, 9.17) is 10.8 Å². The molecule has 0 aromatic carbocycles. The molecule has 2 saturated heterocycles. The summed E-state index contributed by atoms with van der Waals surface area (Å²) < 4.78 is 0. The fourth-order valence-electron chi connectivity index (χ4n) is 2.56. The summed E-state index contributed by atoms with van der Waals surface area (Å²) in [5.41, 5.74) is 4.78. The van der Waals surface area contributed by atoms with Crippen molar-refractivity contribution in [3.63, 3.8) is 0 Å². The number of hydrogen-bond donors (Lipinski definition) is 3. The molecule has 4 N–H and O–H groups in total. The summed E-state index contributed by atoms with van der Waals surface area (Å²) in [6, 6.07) is -0.861. The first-order valence-electron chi connectivity index (χ1n) is 5.53. The zero-order chi connectivity index (χ0) is 11.8. The van der Waals surface area contributed by atoms with Crippen LogP contribution in [0.15, 0.2) is 0 Å². The molecule has 0 bridgehead atoms. The maximum absolute atomic E-state index is 12.0. The molecule has 0 saturated carbocycles. The number of rotatable bonds is 3. The smallest absolute Gasteiger partial charge is 0.242 e. The number of nitrogens with zero attached hydrogens (tertiary/aromatic N) is 1. The minimum Gasteiger partial charge on any atom is -0.394 e. The largest absolute Gasteiger partial charge is 0.394 e. The summed E-state index contributed by atoms with van der Waals surface area (Å²) >= 11 is 0. The van der Waals surface area contributed by atoms with Gasteiger partial charge in [0.25, 0.3) is 0 Å². The van der Waals surface area contributed by atoms with Crippen LogP contribution in [0.25, 0.3) is 0 Å². The summed E-state index contributed by atoms with van der Waals surface area (Å²) in [7, 11) is 0. The van der Waals surface area contributed by atoms with Crippen molar-refractivity contribution < 1.29 is 14.7 Å². The van der Waals surface area contributed by atoms with Crippen molar-refractivity contribution in [2.45, 2.75) is 18.9 Å². The lowest BCUT2D eigenvalue weighted by Crippen LogP contribution is -2.71. The van der Waals surface area contributed by atoms with Gasteiger partial charge in [0, 0.05) is 13.1 Å². The number of nitrogens with one attached hydrogen (secondary N) is 1. The quantitative estimate of drug-likeness (QED) is 0.488. The van der Waals surface area contributed by atoms with Crippen LogP contribution in [0.4, 0.5) is 0 Å². The fraction of sp³-hybridized carbons (Fsp3) is 0.800. The van der Waals surface area contributed by atoms with Crippen molar-refractivity contribution in [1.82, 2.24) is 10.2 Å². The lowest BCUT2D eigenvalue weighted by Gasteiger charge is -2.52. The topological polar surface area (TPSA) is 95.7 Å². The molecule has 0 aromatic rings. The Morgan fingerprint density at radius 3 is 2.88 bits per heavy atom. The molecule has 90 valence electrons. The number of carbonyl (C=O) groups excluding carboxylic acids is 2. The highest BCUT2D eigenvalue weighted by molar-refractivity contribution is 5.94. The molecule has 2 aliphatic rings. The molecule has 6 heteroatoms. The van der Waals surface area contributed by atoms with Gasteiger partial charge in [0.1, 0.15) is 6.04 Å². The van der Waals surface area contributed by atoms with Gasteiger partial charge in [-0.25, -0.2) is 0 Å². The van der Waals surface area contributed by atoms with E-state index >= 15 is 0 Å². The number of carbonyl (C=O) groups is 2. The van der Waals surface area contributed by atoms with Crippen molar-refractivity contribution in [3.05, 3.63) is 0 Å². The van der Waals surface area contributed by atoms with E-state index in [1.165, 1.54) is 4.90 Å². The molecule has 2 fully saturated rings. The second-order valence-electron chi connectivity index (χ2n) is 4.59. The number of likely N-dealkylation sites (tertiary alicyclic amines) is 1. The molecule has 1 spiro atoms. The van der Waals surface area contributed by atoms with Crippen molar-refractivity contribution in [2.75, 3.05) is 26.2 Å². The molecule has 2 rings (SSSR count). The average Bonchev–Trinajstić information content (AvgIpc) is 2.29. The maximum Gasteiger partial charge on any atom is 0.242 e. The monoisotopic (exact) mass is 227 g/mol. The minimum atomic E-state index is -0.861. The summed E-state index contributed by atoms with van der Waals surface area (Å²) in [5.74, 6) is -0.702. The molecule has 2 heterocycles. The van der Waals surface area contributed by atoms with Crippen LogP contribution in [0, 0.1) is 5.41 Å². The van der Waals surface area contributed by atoms with Crippen LogP contribution in [0.2, 0.25) is 0 Å². The van der Waals surface area contributed by atoms with Gasteiger partial charge < -0.3 is 21.1 Å². The number of hydrogen-bond acceptors (Lipinski definition) is 4. The summed E-state index contributed by atoms with van der Waals surface area (Å²) in [4.78, 5) is 24.4. The normalized spacial score (nSPS) is 31.3. The first kappa shape index (κ1) is 11.3. The Morgan fingerprint density at radius 1 is 1.69 bits per heavy atom. The number of aliphatic hydroxyl groups excluding tert-OH is 1. The Hall–Kier alpha value is -1.14. The van der Waals surface area contributed by atoms with E-state index in [9.17, 15) is 9.59 Å². The number of amides is 2. The van der Waals surface area contributed by atoms with Crippen molar-refractivity contribution in [3.8, 4) is 0 Å². The fourth-order valence-corrected chi connectivity index (χ4v) is 2.56. The Kier molecular flexibility index (Phi) is 2.86. The van der Waals surface area contributed by atoms with Crippen LogP contribution in [-0.2, 0) is 9.59 Å². The molecule has 0 aromatic heterocycles. The molecular weight excluding hydrogens is 210 g/mol. The molecule has 16 heavy (non-hydrogen) atoms. The van der Waals surface area contributed by atoms with Gasteiger partial charge in [-0.1, -0.05) is 0 Å². The Bertz CT molecular complexity index is 312. The SMILES string of the molecule is NC(=O)[C@H](CO)N1CC2(CCCNC2)C1=O. The van der Waals surface area contributed by atoms with Gasteiger partial charge in [-0.2, -0.15) is 0 Å². The van der Waals surface area contributed by atoms with Crippen LogP contribution in [-0.4, -0.2) is 54.1 Å². The lowest BCUT2D eigenvalue weighted by molar-refractivity contribution is -0.170. The zero-order valence-electron chi connectivity index (χ0n) is 9.11. The van der Waals surface area contributed by atoms with Crippen molar-refractivity contribution in [2.24, 2.45) is 11.1 Å². The van der Waals surface area contributed by atoms with Crippen molar-refractivity contribution in [1.29, 1.82) is 0 Å². The van der Waals surface area contributed by atoms with Gasteiger partial charge >= 0.3 is 0 Å². The Labute approximate surface area is 93.8 Å². The van der Waals surface area contributed by atoms with E-state index in [-0.39, 0.29) is 11.3 Å². The molecular formula is C10H17N3O3. The first-order valence-corrected chi connectivity index (χ1v) is 5.53. The summed E-state index contributed by atoms with van der Waals surface area (Å²) in [5, 5.41) is 12.2. The third-order valence-corrected chi connectivity index (χ3v) is 3.54. The second-order valence-corrected chi connectivity index (χ2v) is 4.59. The minimum absolute atomic E-state index is 0.0578. The molecule has 2 aliphatic heterocycles. The van der Waals surface area contributed by atoms with Crippen LogP contribution >= 0.6 is 0 Å². The number of primary amides is 1. The van der Waals surface area contributed by atoms with E-state index in [2.05, 4.69) is 5.32 Å². The van der Waals surface area contributed by atoms with Gasteiger partial charge in [-0.05, 0) is 19.4 Å². The molecule has 2 amide bonds. The highest BCUT2D eigenvalue weighted by Crippen LogP contribution is 2.38. The van der Waals surface area contributed by atoms with Gasteiger partial charge in [0.15, 0.2) is 0 Å². The zero-order valence-corrected chi connectivity index (χ0v) is 9.11. The summed E-state index contributed by atoms with van der Waals surface area (Å²) in [6.45, 7) is 1.73. The van der Waals surface area contributed by atoms with Crippen LogP contribution in [0.3, 0.4) is 0 Å². The highest BCUT2D eigenvalue weighted by Gasteiger charge is 2.54. The maximum atomic E-state index is 12.0.